The molecule has 0 aliphatic carbocycles. The largest absolute Gasteiger partial charge is 0.288 e. The summed E-state index contributed by atoms with van der Waals surface area (Å²) in [5, 5.41) is 0. The number of aliphatic imine (C=N–C) groups is 1. The predicted molar refractivity (Wildman–Crippen MR) is 68.9 cm³/mol. The molecule has 1 aliphatic rings. The summed E-state index contributed by atoms with van der Waals surface area (Å²) >= 11 is 0. The van der Waals surface area contributed by atoms with E-state index >= 15 is 0 Å². The van der Waals surface area contributed by atoms with Crippen molar-refractivity contribution in [3.63, 3.8) is 0 Å². The van der Waals surface area contributed by atoms with Gasteiger partial charge < -0.3 is 0 Å². The van der Waals surface area contributed by atoms with Gasteiger partial charge in [-0.2, -0.15) is 0 Å². The standard InChI is InChI=1S/C15H17N/c1-5-11-6-7-12-8-9-16-14(13(12)10-11)15(2,3)4/h1,6-7,10H,8-9H2,2-4H3. The van der Waals surface area contributed by atoms with Gasteiger partial charge in [0.05, 0.1) is 0 Å². The van der Waals surface area contributed by atoms with Crippen molar-refractivity contribution < 1.29 is 0 Å². The highest BCUT2D eigenvalue weighted by Crippen LogP contribution is 2.28. The molecule has 0 N–H and O–H groups in total. The molecule has 16 heavy (non-hydrogen) atoms. The molecule has 0 aromatic heterocycles. The average molecular weight is 211 g/mol. The number of benzene rings is 1. The fourth-order valence-electron chi connectivity index (χ4n) is 2.12. The maximum Gasteiger partial charge on any atom is 0.0477 e. The molecule has 0 saturated heterocycles. The van der Waals surface area contributed by atoms with Gasteiger partial charge in [-0.1, -0.05) is 32.8 Å². The summed E-state index contributed by atoms with van der Waals surface area (Å²) in [6.45, 7) is 7.49. The molecule has 1 aliphatic heterocycles. The zero-order valence-corrected chi connectivity index (χ0v) is 10.2. The molecule has 0 saturated carbocycles. The van der Waals surface area contributed by atoms with Crippen LogP contribution in [0, 0.1) is 17.8 Å². The number of nitrogens with zero attached hydrogens (tertiary/aromatic N) is 1. The van der Waals surface area contributed by atoms with Gasteiger partial charge >= 0.3 is 0 Å². The summed E-state index contributed by atoms with van der Waals surface area (Å²) in [5.74, 6) is 2.69. The Morgan fingerprint density at radius 3 is 2.69 bits per heavy atom. The van der Waals surface area contributed by atoms with E-state index < -0.39 is 0 Å². The van der Waals surface area contributed by atoms with Crippen LogP contribution in [0.2, 0.25) is 0 Å². The summed E-state index contributed by atoms with van der Waals surface area (Å²) in [7, 11) is 0. The quantitative estimate of drug-likeness (QED) is 0.585. The van der Waals surface area contributed by atoms with Crippen molar-refractivity contribution in [1.29, 1.82) is 0 Å². The van der Waals surface area contributed by atoms with Crippen LogP contribution in [0.4, 0.5) is 0 Å². The summed E-state index contributed by atoms with van der Waals surface area (Å²) in [5.41, 5.74) is 4.83. The molecule has 1 heterocycles. The van der Waals surface area contributed by atoms with Gasteiger partial charge in [0.25, 0.3) is 0 Å². The number of hydrogen-bond acceptors (Lipinski definition) is 1. The molecule has 0 bridgehead atoms. The van der Waals surface area contributed by atoms with Gasteiger partial charge in [0.15, 0.2) is 0 Å². The summed E-state index contributed by atoms with van der Waals surface area (Å²) in [4.78, 5) is 4.67. The Bertz CT molecular complexity index is 481. The smallest absolute Gasteiger partial charge is 0.0477 e. The molecule has 1 heteroatoms. The van der Waals surface area contributed by atoms with Crippen LogP contribution >= 0.6 is 0 Å². The van der Waals surface area contributed by atoms with Gasteiger partial charge in [-0.25, -0.2) is 0 Å². The van der Waals surface area contributed by atoms with Crippen LogP contribution in [-0.4, -0.2) is 12.3 Å². The van der Waals surface area contributed by atoms with E-state index in [0.717, 1.165) is 18.5 Å². The predicted octanol–water partition coefficient (Wildman–Crippen LogP) is 3.06. The Kier molecular flexibility index (Phi) is 2.59. The Labute approximate surface area is 97.6 Å². The van der Waals surface area contributed by atoms with E-state index in [-0.39, 0.29) is 5.41 Å². The maximum absolute atomic E-state index is 5.45. The van der Waals surface area contributed by atoms with E-state index in [2.05, 4.69) is 43.8 Å². The topological polar surface area (TPSA) is 12.4 Å². The van der Waals surface area contributed by atoms with Gasteiger partial charge in [0, 0.05) is 28.8 Å². The fraction of sp³-hybridized carbons (Fsp3) is 0.400. The first-order chi connectivity index (χ1) is 7.52. The molecule has 0 fully saturated rings. The van der Waals surface area contributed by atoms with Gasteiger partial charge in [-0.15, -0.1) is 6.42 Å². The second kappa shape index (κ2) is 3.79. The summed E-state index contributed by atoms with van der Waals surface area (Å²) in [6, 6.07) is 6.26. The van der Waals surface area contributed by atoms with E-state index in [4.69, 9.17) is 6.42 Å². The molecule has 0 unspecified atom stereocenters. The average Bonchev–Trinajstić information content (AvgIpc) is 2.26. The lowest BCUT2D eigenvalue weighted by Crippen LogP contribution is -2.26. The molecule has 0 spiro atoms. The van der Waals surface area contributed by atoms with Crippen molar-refractivity contribution in [1.82, 2.24) is 0 Å². The first kappa shape index (κ1) is 11.0. The minimum Gasteiger partial charge on any atom is -0.288 e. The highest BCUT2D eigenvalue weighted by atomic mass is 14.8. The summed E-state index contributed by atoms with van der Waals surface area (Å²) < 4.78 is 0. The number of terminal acetylenes is 1. The lowest BCUT2D eigenvalue weighted by atomic mass is 9.81. The second-order valence-corrected chi connectivity index (χ2v) is 5.25. The molecule has 0 amide bonds. The van der Waals surface area contributed by atoms with Crippen molar-refractivity contribution in [2.24, 2.45) is 10.4 Å². The van der Waals surface area contributed by atoms with Crippen LogP contribution in [-0.2, 0) is 6.42 Å². The first-order valence-electron chi connectivity index (χ1n) is 5.67. The SMILES string of the molecule is C#Cc1ccc2c(c1)C(C(C)(C)C)=NCC2. The third kappa shape index (κ3) is 1.88. The molecule has 0 atom stereocenters. The lowest BCUT2D eigenvalue weighted by molar-refractivity contribution is 0.585. The van der Waals surface area contributed by atoms with Crippen LogP contribution < -0.4 is 0 Å². The molecular formula is C15H17N. The third-order valence-corrected chi connectivity index (χ3v) is 2.89. The Balaban J connectivity index is 2.57. The molecule has 0 radical (unpaired) electrons. The first-order valence-corrected chi connectivity index (χ1v) is 5.67. The van der Waals surface area contributed by atoms with E-state index in [9.17, 15) is 0 Å². The van der Waals surface area contributed by atoms with Crippen molar-refractivity contribution in [2.75, 3.05) is 6.54 Å². The van der Waals surface area contributed by atoms with Gasteiger partial charge in [0.1, 0.15) is 0 Å². The normalized spacial score (nSPS) is 15.0. The minimum atomic E-state index is 0.0857. The van der Waals surface area contributed by atoms with Crippen LogP contribution in [0.5, 0.6) is 0 Å². The van der Waals surface area contributed by atoms with Gasteiger partial charge in [-0.3, -0.25) is 4.99 Å². The number of fused-ring (bicyclic) bond motifs is 1. The summed E-state index contributed by atoms with van der Waals surface area (Å²) in [6.07, 6.45) is 6.48. The minimum absolute atomic E-state index is 0.0857. The molecule has 1 aromatic rings. The highest BCUT2D eigenvalue weighted by molar-refractivity contribution is 6.06. The number of hydrogen-bond donors (Lipinski definition) is 0. The zero-order chi connectivity index (χ0) is 11.8. The van der Waals surface area contributed by atoms with Gasteiger partial charge in [-0.05, 0) is 24.1 Å². The van der Waals surface area contributed by atoms with Crippen molar-refractivity contribution in [3.8, 4) is 12.3 Å². The Hall–Kier alpha value is -1.55. The molecule has 1 aromatic carbocycles. The van der Waals surface area contributed by atoms with Crippen LogP contribution in [0.15, 0.2) is 23.2 Å². The van der Waals surface area contributed by atoms with Crippen LogP contribution in [0.25, 0.3) is 0 Å². The lowest BCUT2D eigenvalue weighted by Gasteiger charge is -2.27. The Morgan fingerprint density at radius 2 is 2.06 bits per heavy atom. The molecular weight excluding hydrogens is 194 g/mol. The Morgan fingerprint density at radius 1 is 1.31 bits per heavy atom. The van der Waals surface area contributed by atoms with E-state index in [1.807, 2.05) is 6.07 Å². The van der Waals surface area contributed by atoms with Crippen LogP contribution in [0.1, 0.15) is 37.5 Å². The van der Waals surface area contributed by atoms with Crippen molar-refractivity contribution in [2.45, 2.75) is 27.2 Å². The maximum atomic E-state index is 5.45. The van der Waals surface area contributed by atoms with E-state index in [1.54, 1.807) is 0 Å². The van der Waals surface area contributed by atoms with E-state index in [0.29, 0.717) is 0 Å². The molecule has 2 rings (SSSR count). The van der Waals surface area contributed by atoms with Gasteiger partial charge in [0.2, 0.25) is 0 Å². The number of rotatable bonds is 0. The highest BCUT2D eigenvalue weighted by Gasteiger charge is 2.25. The van der Waals surface area contributed by atoms with Crippen LogP contribution in [0.3, 0.4) is 0 Å². The van der Waals surface area contributed by atoms with Crippen molar-refractivity contribution in [3.05, 3.63) is 34.9 Å². The zero-order valence-electron chi connectivity index (χ0n) is 10.2. The van der Waals surface area contributed by atoms with E-state index in [1.165, 1.54) is 16.8 Å². The third-order valence-electron chi connectivity index (χ3n) is 2.89. The second-order valence-electron chi connectivity index (χ2n) is 5.25. The fourth-order valence-corrected chi connectivity index (χ4v) is 2.12. The molecule has 82 valence electrons. The molecule has 1 nitrogen and oxygen atoms in total. The van der Waals surface area contributed by atoms with Crippen molar-refractivity contribution >= 4 is 5.71 Å². The monoisotopic (exact) mass is 211 g/mol.